The Morgan fingerprint density at radius 3 is 2.23 bits per heavy atom. The lowest BCUT2D eigenvalue weighted by atomic mass is 10.0. The summed E-state index contributed by atoms with van der Waals surface area (Å²) in [4.78, 5) is 20.2. The maximum absolute atomic E-state index is 13.2. The minimum Gasteiger partial charge on any atom is -0.307 e. The summed E-state index contributed by atoms with van der Waals surface area (Å²) in [5, 5.41) is 1.91. The molecule has 1 N–H and O–H groups in total. The van der Waals surface area contributed by atoms with Crippen LogP contribution in [-0.4, -0.2) is 29.5 Å². The van der Waals surface area contributed by atoms with E-state index >= 15 is 0 Å². The average Bonchev–Trinajstić information content (AvgIpc) is 2.73. The number of hydrogen-bond acceptors (Lipinski definition) is 5. The number of nitrogens with zero attached hydrogens (tertiary/aromatic N) is 2. The molecule has 3 aromatic rings. The molecule has 3 rings (SSSR count). The first-order valence-electron chi connectivity index (χ1n) is 9.14. The summed E-state index contributed by atoms with van der Waals surface area (Å²) in [5.41, 5.74) is -0.696. The highest BCUT2D eigenvalue weighted by Crippen LogP contribution is 2.35. The Morgan fingerprint density at radius 1 is 1.00 bits per heavy atom. The molecule has 0 saturated heterocycles. The zero-order chi connectivity index (χ0) is 22.8. The topological polar surface area (TPSA) is 89.0 Å². The first-order chi connectivity index (χ1) is 14.5. The highest BCUT2D eigenvalue weighted by Gasteiger charge is 2.34. The van der Waals surface area contributed by atoms with Crippen LogP contribution in [0.15, 0.2) is 65.8 Å². The molecule has 162 valence electrons. The standard InChI is InChI=1S/C21H18F3N3O3S/c1-13(2)31(29,30)16-9-10-18(26-12-16)27-20(28)15-7-5-14(6-8-15)19-17(21(22,23)24)4-3-11-25-19/h3-13H,1-2H3,(H,26,27,28). The molecular weight excluding hydrogens is 431 g/mol. The Kier molecular flexibility index (Phi) is 6.12. The SMILES string of the molecule is CC(C)S(=O)(=O)c1ccc(NC(=O)c2ccc(-c3ncccc3C(F)(F)F)cc2)nc1. The number of halogens is 3. The van der Waals surface area contributed by atoms with Crippen molar-refractivity contribution in [1.29, 1.82) is 0 Å². The Morgan fingerprint density at radius 2 is 1.68 bits per heavy atom. The van der Waals surface area contributed by atoms with Crippen LogP contribution in [0.2, 0.25) is 0 Å². The number of carbonyl (C=O) groups excluding carboxylic acids is 1. The molecule has 0 saturated carbocycles. The van der Waals surface area contributed by atoms with Crippen molar-refractivity contribution < 1.29 is 26.4 Å². The molecule has 31 heavy (non-hydrogen) atoms. The van der Waals surface area contributed by atoms with Crippen molar-refractivity contribution in [3.63, 3.8) is 0 Å². The van der Waals surface area contributed by atoms with E-state index in [-0.39, 0.29) is 27.5 Å². The minimum atomic E-state index is -4.56. The summed E-state index contributed by atoms with van der Waals surface area (Å²) in [5.74, 6) is -0.406. The highest BCUT2D eigenvalue weighted by molar-refractivity contribution is 7.92. The number of rotatable bonds is 5. The monoisotopic (exact) mass is 449 g/mol. The van der Waals surface area contributed by atoms with Crippen LogP contribution in [0.5, 0.6) is 0 Å². The van der Waals surface area contributed by atoms with Gasteiger partial charge in [-0.1, -0.05) is 12.1 Å². The number of sulfone groups is 1. The van der Waals surface area contributed by atoms with E-state index in [1.54, 1.807) is 13.8 Å². The van der Waals surface area contributed by atoms with Crippen molar-refractivity contribution >= 4 is 21.6 Å². The van der Waals surface area contributed by atoms with Crippen LogP contribution in [0.1, 0.15) is 29.8 Å². The van der Waals surface area contributed by atoms with Crippen molar-refractivity contribution in [2.45, 2.75) is 30.2 Å². The summed E-state index contributed by atoms with van der Waals surface area (Å²) in [6, 6.07) is 10.4. The second-order valence-corrected chi connectivity index (χ2v) is 9.41. The molecule has 0 aliphatic heterocycles. The van der Waals surface area contributed by atoms with Crippen LogP contribution in [0, 0.1) is 0 Å². The summed E-state index contributed by atoms with van der Waals surface area (Å²) in [6.07, 6.45) is -2.13. The van der Waals surface area contributed by atoms with Crippen molar-refractivity contribution in [1.82, 2.24) is 9.97 Å². The van der Waals surface area contributed by atoms with Gasteiger partial charge in [0.2, 0.25) is 0 Å². The number of amides is 1. The van der Waals surface area contributed by atoms with E-state index < -0.39 is 32.7 Å². The molecule has 0 aliphatic rings. The van der Waals surface area contributed by atoms with Gasteiger partial charge in [0.15, 0.2) is 9.84 Å². The van der Waals surface area contributed by atoms with Crippen LogP contribution < -0.4 is 5.32 Å². The third-order valence-electron chi connectivity index (χ3n) is 4.46. The van der Waals surface area contributed by atoms with Gasteiger partial charge in [-0.15, -0.1) is 0 Å². The number of hydrogen-bond donors (Lipinski definition) is 1. The molecule has 2 heterocycles. The summed E-state index contributed by atoms with van der Waals surface area (Å²) >= 11 is 0. The molecule has 2 aromatic heterocycles. The molecule has 0 atom stereocenters. The number of pyridine rings is 2. The molecule has 0 spiro atoms. The van der Waals surface area contributed by atoms with E-state index in [1.165, 1.54) is 48.7 Å². The van der Waals surface area contributed by atoms with Crippen LogP contribution >= 0.6 is 0 Å². The summed E-state index contributed by atoms with van der Waals surface area (Å²) < 4.78 is 63.8. The second-order valence-electron chi connectivity index (χ2n) is 6.90. The number of carbonyl (C=O) groups is 1. The number of anilines is 1. The number of benzene rings is 1. The Labute approximate surface area is 177 Å². The lowest BCUT2D eigenvalue weighted by molar-refractivity contribution is -0.137. The molecule has 10 heteroatoms. The minimum absolute atomic E-state index is 0.0423. The van der Waals surface area contributed by atoms with Gasteiger partial charge in [0.1, 0.15) is 5.82 Å². The van der Waals surface area contributed by atoms with E-state index in [4.69, 9.17) is 0 Å². The third-order valence-corrected chi connectivity index (χ3v) is 6.60. The number of aromatic nitrogens is 2. The van der Waals surface area contributed by atoms with E-state index in [1.807, 2.05) is 0 Å². The van der Waals surface area contributed by atoms with Gasteiger partial charge in [-0.25, -0.2) is 13.4 Å². The van der Waals surface area contributed by atoms with Gasteiger partial charge in [-0.3, -0.25) is 9.78 Å². The first-order valence-corrected chi connectivity index (χ1v) is 10.7. The molecule has 0 radical (unpaired) electrons. The molecule has 1 aromatic carbocycles. The second kappa shape index (κ2) is 8.46. The van der Waals surface area contributed by atoms with Gasteiger partial charge in [0, 0.05) is 23.5 Å². The quantitative estimate of drug-likeness (QED) is 0.615. The molecule has 0 fully saturated rings. The maximum Gasteiger partial charge on any atom is 0.418 e. The molecule has 0 bridgehead atoms. The molecule has 6 nitrogen and oxygen atoms in total. The number of alkyl halides is 3. The number of nitrogens with one attached hydrogen (secondary N) is 1. The van der Waals surface area contributed by atoms with Crippen LogP contribution in [0.4, 0.5) is 19.0 Å². The lowest BCUT2D eigenvalue weighted by Crippen LogP contribution is -2.16. The van der Waals surface area contributed by atoms with Crippen molar-refractivity contribution in [3.05, 3.63) is 72.1 Å². The van der Waals surface area contributed by atoms with Gasteiger partial charge < -0.3 is 5.32 Å². The fourth-order valence-electron chi connectivity index (χ4n) is 2.73. The van der Waals surface area contributed by atoms with E-state index in [0.29, 0.717) is 0 Å². The van der Waals surface area contributed by atoms with Crippen molar-refractivity contribution in [3.8, 4) is 11.3 Å². The molecule has 0 aliphatic carbocycles. The Bertz CT molecular complexity index is 1190. The predicted octanol–water partition coefficient (Wildman–Crippen LogP) is 4.60. The van der Waals surface area contributed by atoms with Crippen molar-refractivity contribution in [2.75, 3.05) is 5.32 Å². The van der Waals surface area contributed by atoms with Gasteiger partial charge in [0.25, 0.3) is 5.91 Å². The largest absolute Gasteiger partial charge is 0.418 e. The van der Waals surface area contributed by atoms with Crippen LogP contribution in [0.3, 0.4) is 0 Å². The predicted molar refractivity (Wildman–Crippen MR) is 109 cm³/mol. The van der Waals surface area contributed by atoms with Gasteiger partial charge in [0.05, 0.1) is 21.4 Å². The lowest BCUT2D eigenvalue weighted by Gasteiger charge is -2.12. The average molecular weight is 449 g/mol. The highest BCUT2D eigenvalue weighted by atomic mass is 32.2. The van der Waals surface area contributed by atoms with Gasteiger partial charge in [-0.05, 0) is 50.2 Å². The van der Waals surface area contributed by atoms with E-state index in [9.17, 15) is 26.4 Å². The van der Waals surface area contributed by atoms with Crippen molar-refractivity contribution in [2.24, 2.45) is 0 Å². The Balaban J connectivity index is 1.78. The van der Waals surface area contributed by atoms with Gasteiger partial charge >= 0.3 is 6.18 Å². The van der Waals surface area contributed by atoms with Crippen LogP contribution in [-0.2, 0) is 16.0 Å². The molecular formula is C21H18F3N3O3S. The zero-order valence-corrected chi connectivity index (χ0v) is 17.3. The zero-order valence-electron chi connectivity index (χ0n) is 16.5. The maximum atomic E-state index is 13.2. The first kappa shape index (κ1) is 22.4. The van der Waals surface area contributed by atoms with E-state index in [0.717, 1.165) is 12.3 Å². The van der Waals surface area contributed by atoms with Crippen LogP contribution in [0.25, 0.3) is 11.3 Å². The fraction of sp³-hybridized carbons (Fsp3) is 0.190. The van der Waals surface area contributed by atoms with Gasteiger partial charge in [-0.2, -0.15) is 13.2 Å². The summed E-state index contributed by atoms with van der Waals surface area (Å²) in [6.45, 7) is 3.11. The normalized spacial score (nSPS) is 12.1. The molecule has 0 unspecified atom stereocenters. The fourth-order valence-corrected chi connectivity index (χ4v) is 3.73. The molecule has 1 amide bonds. The Hall–Kier alpha value is -3.27. The van der Waals surface area contributed by atoms with E-state index in [2.05, 4.69) is 15.3 Å². The summed E-state index contributed by atoms with van der Waals surface area (Å²) in [7, 11) is -3.48. The third kappa shape index (κ3) is 4.91. The smallest absolute Gasteiger partial charge is 0.307 e.